The van der Waals surface area contributed by atoms with E-state index in [9.17, 15) is 4.21 Å². The van der Waals surface area contributed by atoms with Crippen LogP contribution in [0, 0.1) is 0 Å². The predicted octanol–water partition coefficient (Wildman–Crippen LogP) is 1.22. The topological polar surface area (TPSA) is 20.3 Å². The summed E-state index contributed by atoms with van der Waals surface area (Å²) in [5, 5.41) is 2.04. The van der Waals surface area contributed by atoms with Crippen molar-refractivity contribution in [2.24, 2.45) is 0 Å². The Morgan fingerprint density at radius 3 is 2.40 bits per heavy atom. The number of hydrogen-bond acceptors (Lipinski definition) is 3. The van der Waals surface area contributed by atoms with Gasteiger partial charge in [0, 0.05) is 5.41 Å². The molecule has 60 valence electrons. The summed E-state index contributed by atoms with van der Waals surface area (Å²) >= 11 is 0. The highest BCUT2D eigenvalue weighted by Crippen LogP contribution is 2.25. The Balaban J connectivity index is 0.000000810. The molecule has 0 N–H and O–H groups in total. The third-order valence-electron chi connectivity index (χ3n) is 1.06. The Morgan fingerprint density at radius 2 is 2.20 bits per heavy atom. The van der Waals surface area contributed by atoms with E-state index in [-0.39, 0.29) is 12.4 Å². The summed E-state index contributed by atoms with van der Waals surface area (Å²) in [6.45, 7) is 0. The van der Waals surface area contributed by atoms with Crippen molar-refractivity contribution in [3.8, 4) is 0 Å². The molecule has 2 unspecified atom stereocenters. The van der Waals surface area contributed by atoms with E-state index in [0.29, 0.717) is 5.37 Å². The molecule has 1 heterocycles. The van der Waals surface area contributed by atoms with Gasteiger partial charge in [-0.2, -0.15) is 0 Å². The minimum atomic E-state index is -0.779. The number of halogens is 1. The Morgan fingerprint density at radius 1 is 1.60 bits per heavy atom. The molecule has 1 aliphatic rings. The van der Waals surface area contributed by atoms with Crippen LogP contribution in [0.5, 0.6) is 0 Å². The standard InChI is InChI=1S/C5H9NOS2.ClH/c1-6(2)5-3-4-9(7)8-5;/h3-5H,1-2H3;1H. The van der Waals surface area contributed by atoms with E-state index in [2.05, 4.69) is 0 Å². The third kappa shape index (κ3) is 2.62. The molecule has 2 atom stereocenters. The molecule has 0 fully saturated rings. The molecule has 5 heteroatoms. The Kier molecular flexibility index (Phi) is 4.60. The summed E-state index contributed by atoms with van der Waals surface area (Å²) in [6.07, 6.45) is 1.96. The zero-order chi connectivity index (χ0) is 6.85. The van der Waals surface area contributed by atoms with Gasteiger partial charge in [-0.15, -0.1) is 12.4 Å². The first-order valence-corrected chi connectivity index (χ1v) is 5.23. The first kappa shape index (κ1) is 10.5. The zero-order valence-corrected chi connectivity index (χ0v) is 8.26. The minimum absolute atomic E-state index is 0. The van der Waals surface area contributed by atoms with E-state index in [1.807, 2.05) is 25.1 Å². The van der Waals surface area contributed by atoms with Crippen LogP contribution in [0.1, 0.15) is 0 Å². The van der Waals surface area contributed by atoms with Crippen molar-refractivity contribution in [1.29, 1.82) is 0 Å². The van der Waals surface area contributed by atoms with E-state index in [1.165, 1.54) is 10.8 Å². The lowest BCUT2D eigenvalue weighted by Gasteiger charge is -2.13. The lowest BCUT2D eigenvalue weighted by Crippen LogP contribution is -2.20. The first-order valence-electron chi connectivity index (χ1n) is 2.62. The van der Waals surface area contributed by atoms with Gasteiger partial charge in [-0.05, 0) is 31.0 Å². The Hall–Kier alpha value is 0.490. The van der Waals surface area contributed by atoms with Crippen LogP contribution >= 0.6 is 23.2 Å². The monoisotopic (exact) mass is 199 g/mol. The number of likely N-dealkylation sites (N-methyl/N-ethyl adjacent to an activating group) is 1. The van der Waals surface area contributed by atoms with Gasteiger partial charge in [-0.25, -0.2) is 4.21 Å². The second kappa shape index (κ2) is 4.38. The molecule has 2 nitrogen and oxygen atoms in total. The average Bonchev–Trinajstić information content (AvgIpc) is 2.14. The molecule has 1 rings (SSSR count). The normalized spacial score (nSPS) is 30.7. The molecule has 10 heavy (non-hydrogen) atoms. The maximum absolute atomic E-state index is 10.7. The summed E-state index contributed by atoms with van der Waals surface area (Å²) in [6, 6.07) is 0. The van der Waals surface area contributed by atoms with Gasteiger partial charge in [0.1, 0.15) is 9.83 Å². The van der Waals surface area contributed by atoms with Crippen LogP contribution in [0.25, 0.3) is 0 Å². The second-order valence-corrected chi connectivity index (χ2v) is 5.07. The lowest BCUT2D eigenvalue weighted by molar-refractivity contribution is 0.430. The summed E-state index contributed by atoms with van der Waals surface area (Å²) in [7, 11) is 4.64. The molecule has 0 saturated carbocycles. The van der Waals surface area contributed by atoms with E-state index in [0.717, 1.165) is 0 Å². The van der Waals surface area contributed by atoms with Crippen molar-refractivity contribution in [3.05, 3.63) is 11.5 Å². The van der Waals surface area contributed by atoms with Gasteiger partial charge in [-0.1, -0.05) is 0 Å². The number of hydrogen-bond donors (Lipinski definition) is 0. The van der Waals surface area contributed by atoms with Gasteiger partial charge >= 0.3 is 0 Å². The molecular formula is C5H10ClNOS2. The Labute approximate surface area is 73.3 Å². The van der Waals surface area contributed by atoms with Crippen LogP contribution in [-0.4, -0.2) is 28.6 Å². The zero-order valence-electron chi connectivity index (χ0n) is 5.81. The van der Waals surface area contributed by atoms with Crippen LogP contribution in [0.15, 0.2) is 11.5 Å². The van der Waals surface area contributed by atoms with Crippen LogP contribution < -0.4 is 0 Å². The number of nitrogens with zero attached hydrogens (tertiary/aromatic N) is 1. The fraction of sp³-hybridized carbons (Fsp3) is 0.600. The average molecular weight is 200 g/mol. The molecule has 0 radical (unpaired) electrons. The molecule has 0 aliphatic carbocycles. The van der Waals surface area contributed by atoms with E-state index < -0.39 is 9.83 Å². The van der Waals surface area contributed by atoms with Crippen molar-refractivity contribution in [3.63, 3.8) is 0 Å². The van der Waals surface area contributed by atoms with Crippen molar-refractivity contribution < 1.29 is 4.21 Å². The summed E-state index contributed by atoms with van der Waals surface area (Å²) in [5.74, 6) is 0. The van der Waals surface area contributed by atoms with Gasteiger partial charge in [0.25, 0.3) is 0 Å². The largest absolute Gasteiger partial charge is 0.294 e. The van der Waals surface area contributed by atoms with Gasteiger partial charge in [0.2, 0.25) is 0 Å². The molecule has 0 aromatic heterocycles. The minimum Gasteiger partial charge on any atom is -0.294 e. The molecule has 0 saturated heterocycles. The fourth-order valence-electron chi connectivity index (χ4n) is 0.551. The van der Waals surface area contributed by atoms with E-state index in [1.54, 1.807) is 5.41 Å². The van der Waals surface area contributed by atoms with Gasteiger partial charge in [-0.3, -0.25) is 4.90 Å². The molecule has 1 aliphatic heterocycles. The maximum atomic E-state index is 10.7. The maximum Gasteiger partial charge on any atom is 0.107 e. The molecule has 0 aromatic carbocycles. The predicted molar refractivity (Wildman–Crippen MR) is 49.6 cm³/mol. The first-order chi connectivity index (χ1) is 4.20. The van der Waals surface area contributed by atoms with E-state index in [4.69, 9.17) is 0 Å². The molecule has 0 amide bonds. The van der Waals surface area contributed by atoms with Crippen molar-refractivity contribution in [2.45, 2.75) is 5.37 Å². The lowest BCUT2D eigenvalue weighted by atomic mass is 10.6. The molecule has 0 aromatic rings. The van der Waals surface area contributed by atoms with Gasteiger partial charge < -0.3 is 0 Å². The summed E-state index contributed by atoms with van der Waals surface area (Å²) in [5.41, 5.74) is 0. The van der Waals surface area contributed by atoms with Crippen molar-refractivity contribution in [2.75, 3.05) is 14.1 Å². The number of rotatable bonds is 1. The SMILES string of the molecule is CN(C)C1C=CS(=O)S1.Cl. The second-order valence-electron chi connectivity index (χ2n) is 2.04. The molecule has 0 spiro atoms. The highest BCUT2D eigenvalue weighted by molar-refractivity contribution is 8.70. The Bertz CT molecular complexity index is 160. The van der Waals surface area contributed by atoms with Crippen LogP contribution in [0.4, 0.5) is 0 Å². The van der Waals surface area contributed by atoms with Gasteiger partial charge in [0.15, 0.2) is 0 Å². The smallest absolute Gasteiger partial charge is 0.107 e. The quantitative estimate of drug-likeness (QED) is 0.593. The highest BCUT2D eigenvalue weighted by Gasteiger charge is 2.16. The third-order valence-corrected chi connectivity index (χ3v) is 3.90. The van der Waals surface area contributed by atoms with Crippen LogP contribution in [0.3, 0.4) is 0 Å². The fourth-order valence-corrected chi connectivity index (χ4v) is 3.18. The van der Waals surface area contributed by atoms with E-state index >= 15 is 0 Å². The molecule has 0 bridgehead atoms. The summed E-state index contributed by atoms with van der Waals surface area (Å²) < 4.78 is 10.7. The summed E-state index contributed by atoms with van der Waals surface area (Å²) in [4.78, 5) is 2.03. The van der Waals surface area contributed by atoms with Crippen molar-refractivity contribution >= 4 is 33.0 Å². The van der Waals surface area contributed by atoms with Crippen molar-refractivity contribution in [1.82, 2.24) is 4.90 Å². The van der Waals surface area contributed by atoms with Crippen LogP contribution in [-0.2, 0) is 9.83 Å². The highest BCUT2D eigenvalue weighted by atomic mass is 35.5. The van der Waals surface area contributed by atoms with Crippen LogP contribution in [0.2, 0.25) is 0 Å². The molecular weight excluding hydrogens is 190 g/mol. The van der Waals surface area contributed by atoms with Gasteiger partial charge in [0.05, 0.1) is 5.37 Å².